The maximum Gasteiger partial charge on any atom is 0.232 e. The van der Waals surface area contributed by atoms with E-state index in [1.54, 1.807) is 6.20 Å². The molecule has 0 saturated heterocycles. The van der Waals surface area contributed by atoms with Gasteiger partial charge in [0.15, 0.2) is 11.5 Å². The molecule has 0 fully saturated rings. The van der Waals surface area contributed by atoms with Gasteiger partial charge in [0.1, 0.15) is 5.82 Å². The Balaban J connectivity index is 1.62. The average molecular weight is 348 g/mol. The van der Waals surface area contributed by atoms with Gasteiger partial charge in [0, 0.05) is 17.4 Å². The molecule has 0 bridgehead atoms. The molecule has 26 heavy (non-hydrogen) atoms. The van der Waals surface area contributed by atoms with E-state index in [2.05, 4.69) is 40.9 Å². The third-order valence-electron chi connectivity index (χ3n) is 3.96. The van der Waals surface area contributed by atoms with Crippen molar-refractivity contribution in [3.05, 3.63) is 47.4 Å². The molecule has 0 spiro atoms. The van der Waals surface area contributed by atoms with E-state index in [4.69, 9.17) is 0 Å². The summed E-state index contributed by atoms with van der Waals surface area (Å²) in [7, 11) is 0. The molecule has 3 aromatic heterocycles. The summed E-state index contributed by atoms with van der Waals surface area (Å²) >= 11 is 0. The van der Waals surface area contributed by atoms with Crippen LogP contribution in [0.2, 0.25) is 0 Å². The van der Waals surface area contributed by atoms with Gasteiger partial charge >= 0.3 is 0 Å². The quantitative estimate of drug-likeness (QED) is 0.517. The van der Waals surface area contributed by atoms with Crippen LogP contribution in [0.4, 0.5) is 5.69 Å². The molecular weight excluding hydrogens is 332 g/mol. The van der Waals surface area contributed by atoms with Gasteiger partial charge < -0.3 is 10.3 Å². The number of carbonyl (C=O) groups is 1. The number of fused-ring (bicyclic) bond motifs is 1. The van der Waals surface area contributed by atoms with Crippen molar-refractivity contribution in [1.29, 1.82) is 0 Å². The Labute approximate surface area is 148 Å². The summed E-state index contributed by atoms with van der Waals surface area (Å²) < 4.78 is 0. The lowest BCUT2D eigenvalue weighted by atomic mass is 10.1. The molecule has 4 aromatic rings. The second kappa shape index (κ2) is 6.36. The molecule has 130 valence electrons. The number of benzene rings is 1. The van der Waals surface area contributed by atoms with Crippen LogP contribution in [0.25, 0.3) is 22.6 Å². The smallest absolute Gasteiger partial charge is 0.232 e. The number of carbonyl (C=O) groups excluding carboxylic acids is 1. The third-order valence-corrected chi connectivity index (χ3v) is 3.96. The zero-order chi connectivity index (χ0) is 18.1. The summed E-state index contributed by atoms with van der Waals surface area (Å²) in [6.07, 6.45) is 1.84. The molecule has 9 nitrogen and oxygen atoms in total. The van der Waals surface area contributed by atoms with Crippen LogP contribution in [0.1, 0.15) is 17.0 Å². The fourth-order valence-electron chi connectivity index (χ4n) is 2.69. The Hall–Kier alpha value is -3.62. The second-order valence-corrected chi connectivity index (χ2v) is 6.05. The van der Waals surface area contributed by atoms with E-state index < -0.39 is 0 Å². The molecule has 0 radical (unpaired) electrons. The maximum atomic E-state index is 12.1. The number of aromatic amines is 2. The van der Waals surface area contributed by atoms with Gasteiger partial charge in [0.05, 0.1) is 11.9 Å². The van der Waals surface area contributed by atoms with Crippen LogP contribution in [0.5, 0.6) is 0 Å². The first-order valence-corrected chi connectivity index (χ1v) is 8.04. The van der Waals surface area contributed by atoms with Crippen LogP contribution in [-0.4, -0.2) is 41.5 Å². The van der Waals surface area contributed by atoms with Crippen LogP contribution in [-0.2, 0) is 11.2 Å². The van der Waals surface area contributed by atoms with Gasteiger partial charge in [-0.25, -0.2) is 9.97 Å². The lowest BCUT2D eigenvalue weighted by Crippen LogP contribution is -2.15. The number of anilines is 1. The number of amides is 1. The maximum absolute atomic E-state index is 12.1. The minimum atomic E-state index is -0.219. The standard InChI is InChI=1S/C17H16N8O/c1-9-5-13-17(18-8-9)21-16(20-13)12-6-11(4-3-10(12)2)19-15(26)7-14-22-24-25-23-14/h3-6,8H,7H2,1-2H3,(H,19,26)(H,18,20,21)(H,22,23,24,25). The molecule has 3 heterocycles. The number of hydrogen-bond donors (Lipinski definition) is 3. The fraction of sp³-hybridized carbons (Fsp3) is 0.176. The highest BCUT2D eigenvalue weighted by Gasteiger charge is 2.12. The predicted octanol–water partition coefficient (Wildman–Crippen LogP) is 1.94. The summed E-state index contributed by atoms with van der Waals surface area (Å²) in [4.78, 5) is 24.3. The zero-order valence-corrected chi connectivity index (χ0v) is 14.2. The molecule has 0 unspecified atom stereocenters. The number of tetrazole rings is 1. The summed E-state index contributed by atoms with van der Waals surface area (Å²) in [5, 5.41) is 16.2. The van der Waals surface area contributed by atoms with Crippen LogP contribution < -0.4 is 5.32 Å². The van der Waals surface area contributed by atoms with Crippen LogP contribution in [0.3, 0.4) is 0 Å². The Morgan fingerprint density at radius 1 is 1.23 bits per heavy atom. The minimum absolute atomic E-state index is 0.0492. The summed E-state index contributed by atoms with van der Waals surface area (Å²) in [6.45, 7) is 3.98. The van der Waals surface area contributed by atoms with E-state index in [-0.39, 0.29) is 12.3 Å². The van der Waals surface area contributed by atoms with Crippen molar-refractivity contribution in [1.82, 2.24) is 35.6 Å². The number of imidazole rings is 1. The molecule has 0 aliphatic rings. The summed E-state index contributed by atoms with van der Waals surface area (Å²) in [5.41, 5.74) is 5.22. The SMILES string of the molecule is Cc1cnc2nc(-c3cc(NC(=O)Cc4nn[nH]n4)ccc3C)[nH]c2c1. The van der Waals surface area contributed by atoms with Crippen molar-refractivity contribution in [2.24, 2.45) is 0 Å². The van der Waals surface area contributed by atoms with Gasteiger partial charge in [-0.05, 0) is 43.2 Å². The number of aryl methyl sites for hydroxylation is 2. The first-order chi connectivity index (χ1) is 12.6. The number of nitrogens with one attached hydrogen (secondary N) is 3. The molecule has 0 atom stereocenters. The predicted molar refractivity (Wildman–Crippen MR) is 95.3 cm³/mol. The Morgan fingerprint density at radius 3 is 2.92 bits per heavy atom. The van der Waals surface area contributed by atoms with Gasteiger partial charge in [-0.2, -0.15) is 5.21 Å². The van der Waals surface area contributed by atoms with E-state index in [1.807, 2.05) is 38.1 Å². The number of H-pyrrole nitrogens is 2. The minimum Gasteiger partial charge on any atom is -0.337 e. The molecule has 0 saturated carbocycles. The largest absolute Gasteiger partial charge is 0.337 e. The van der Waals surface area contributed by atoms with Crippen molar-refractivity contribution in [2.45, 2.75) is 20.3 Å². The first kappa shape index (κ1) is 15.9. The van der Waals surface area contributed by atoms with Crippen LogP contribution in [0, 0.1) is 13.8 Å². The monoisotopic (exact) mass is 348 g/mol. The van der Waals surface area contributed by atoms with Crippen molar-refractivity contribution >= 4 is 22.8 Å². The van der Waals surface area contributed by atoms with Gasteiger partial charge in [0.25, 0.3) is 0 Å². The Bertz CT molecular complexity index is 1080. The van der Waals surface area contributed by atoms with Crippen LogP contribution in [0.15, 0.2) is 30.5 Å². The normalized spacial score (nSPS) is 11.0. The Kier molecular flexibility index (Phi) is 3.88. The number of hydrogen-bond acceptors (Lipinski definition) is 6. The van der Waals surface area contributed by atoms with E-state index in [1.165, 1.54) is 0 Å². The first-order valence-electron chi connectivity index (χ1n) is 8.04. The average Bonchev–Trinajstić information content (AvgIpc) is 3.25. The molecular formula is C17H16N8O. The van der Waals surface area contributed by atoms with Gasteiger partial charge in [-0.3, -0.25) is 4.79 Å². The van der Waals surface area contributed by atoms with Crippen LogP contribution >= 0.6 is 0 Å². The van der Waals surface area contributed by atoms with Crippen molar-refractivity contribution in [3.63, 3.8) is 0 Å². The number of nitrogens with zero attached hydrogens (tertiary/aromatic N) is 5. The van der Waals surface area contributed by atoms with Gasteiger partial charge in [-0.1, -0.05) is 11.3 Å². The zero-order valence-electron chi connectivity index (χ0n) is 14.2. The van der Waals surface area contributed by atoms with Crippen molar-refractivity contribution < 1.29 is 4.79 Å². The topological polar surface area (TPSA) is 125 Å². The van der Waals surface area contributed by atoms with E-state index in [0.29, 0.717) is 23.0 Å². The van der Waals surface area contributed by atoms with Gasteiger partial charge in [0.2, 0.25) is 5.91 Å². The molecule has 1 amide bonds. The summed E-state index contributed by atoms with van der Waals surface area (Å²) in [5.74, 6) is 0.835. The molecule has 0 aliphatic heterocycles. The fourth-order valence-corrected chi connectivity index (χ4v) is 2.69. The molecule has 1 aromatic carbocycles. The third kappa shape index (κ3) is 3.14. The van der Waals surface area contributed by atoms with Crippen molar-refractivity contribution in [2.75, 3.05) is 5.32 Å². The van der Waals surface area contributed by atoms with E-state index in [9.17, 15) is 4.79 Å². The van der Waals surface area contributed by atoms with Crippen molar-refractivity contribution in [3.8, 4) is 11.4 Å². The number of aromatic nitrogens is 7. The Morgan fingerprint density at radius 2 is 2.12 bits per heavy atom. The molecule has 4 rings (SSSR count). The molecule has 9 heteroatoms. The van der Waals surface area contributed by atoms with Gasteiger partial charge in [-0.15, -0.1) is 10.2 Å². The molecule has 0 aliphatic carbocycles. The number of pyridine rings is 1. The van der Waals surface area contributed by atoms with E-state index >= 15 is 0 Å². The van der Waals surface area contributed by atoms with E-state index in [0.717, 1.165) is 22.2 Å². The molecule has 3 N–H and O–H groups in total. The lowest BCUT2D eigenvalue weighted by molar-refractivity contribution is -0.115. The number of rotatable bonds is 4. The highest BCUT2D eigenvalue weighted by Crippen LogP contribution is 2.26. The second-order valence-electron chi connectivity index (χ2n) is 6.05. The highest BCUT2D eigenvalue weighted by atomic mass is 16.1. The highest BCUT2D eigenvalue weighted by molar-refractivity contribution is 5.92. The lowest BCUT2D eigenvalue weighted by Gasteiger charge is -2.08. The summed E-state index contributed by atoms with van der Waals surface area (Å²) in [6, 6.07) is 7.67.